The molecule has 0 radical (unpaired) electrons. The zero-order valence-corrected chi connectivity index (χ0v) is 17.2. The molecule has 154 valence electrons. The fourth-order valence-electron chi connectivity index (χ4n) is 3.14. The topological polar surface area (TPSA) is 92.4 Å². The minimum Gasteiger partial charge on any atom is -0.371 e. The van der Waals surface area contributed by atoms with Crippen molar-refractivity contribution >= 4 is 11.8 Å². The number of rotatable bonds is 18. The van der Waals surface area contributed by atoms with E-state index in [2.05, 4.69) is 12.2 Å². The standard InChI is InChI=1S/C21H42N2O3/c1-3-5-6-7-8-9-10-11-12-13-14-15-18-21(26,4-2)23-20(25)17-16-19(22)24/h26H,3-18H2,1-2H3,(H2,22,24)(H,23,25). The summed E-state index contributed by atoms with van der Waals surface area (Å²) in [5, 5.41) is 13.1. The van der Waals surface area contributed by atoms with Crippen molar-refractivity contribution < 1.29 is 14.7 Å². The summed E-state index contributed by atoms with van der Waals surface area (Å²) in [4.78, 5) is 22.5. The maximum Gasteiger partial charge on any atom is 0.222 e. The summed E-state index contributed by atoms with van der Waals surface area (Å²) in [5.41, 5.74) is 3.88. The number of aliphatic hydroxyl groups is 1. The van der Waals surface area contributed by atoms with Gasteiger partial charge in [-0.15, -0.1) is 0 Å². The van der Waals surface area contributed by atoms with Gasteiger partial charge < -0.3 is 16.2 Å². The fraction of sp³-hybridized carbons (Fsp3) is 0.905. The smallest absolute Gasteiger partial charge is 0.222 e. The van der Waals surface area contributed by atoms with Gasteiger partial charge >= 0.3 is 0 Å². The molecular formula is C21H42N2O3. The third-order valence-corrected chi connectivity index (χ3v) is 5.00. The molecule has 26 heavy (non-hydrogen) atoms. The van der Waals surface area contributed by atoms with Gasteiger partial charge in [-0.25, -0.2) is 0 Å². The predicted molar refractivity (Wildman–Crippen MR) is 108 cm³/mol. The van der Waals surface area contributed by atoms with E-state index in [4.69, 9.17) is 5.73 Å². The normalized spacial score (nSPS) is 13.3. The molecular weight excluding hydrogens is 328 g/mol. The third kappa shape index (κ3) is 15.2. The number of carbonyl (C=O) groups is 2. The lowest BCUT2D eigenvalue weighted by atomic mass is 10.00. The summed E-state index contributed by atoms with van der Waals surface area (Å²) >= 11 is 0. The molecule has 2 amide bonds. The molecule has 0 saturated heterocycles. The van der Waals surface area contributed by atoms with Crippen molar-refractivity contribution in [2.24, 2.45) is 5.73 Å². The predicted octanol–water partition coefficient (Wildman–Crippen LogP) is 4.56. The monoisotopic (exact) mass is 370 g/mol. The van der Waals surface area contributed by atoms with Gasteiger partial charge in [0.15, 0.2) is 0 Å². The molecule has 5 nitrogen and oxygen atoms in total. The van der Waals surface area contributed by atoms with Crippen molar-refractivity contribution in [3.63, 3.8) is 0 Å². The Morgan fingerprint density at radius 2 is 1.27 bits per heavy atom. The summed E-state index contributed by atoms with van der Waals surface area (Å²) in [7, 11) is 0. The largest absolute Gasteiger partial charge is 0.371 e. The molecule has 0 aromatic heterocycles. The van der Waals surface area contributed by atoms with Gasteiger partial charge in [-0.3, -0.25) is 9.59 Å². The average molecular weight is 371 g/mol. The second-order valence-electron chi connectivity index (χ2n) is 7.54. The summed E-state index contributed by atoms with van der Waals surface area (Å²) in [5.74, 6) is -0.812. The van der Waals surface area contributed by atoms with Crippen LogP contribution in [0.1, 0.15) is 117 Å². The van der Waals surface area contributed by atoms with Crippen LogP contribution in [0.15, 0.2) is 0 Å². The van der Waals surface area contributed by atoms with Crippen molar-refractivity contribution in [1.29, 1.82) is 0 Å². The van der Waals surface area contributed by atoms with Crippen LogP contribution in [0.2, 0.25) is 0 Å². The molecule has 5 heteroatoms. The molecule has 0 aromatic rings. The van der Waals surface area contributed by atoms with Crippen LogP contribution in [-0.2, 0) is 9.59 Å². The average Bonchev–Trinajstić information content (AvgIpc) is 2.61. The van der Waals surface area contributed by atoms with Crippen LogP contribution in [0.25, 0.3) is 0 Å². The van der Waals surface area contributed by atoms with E-state index in [1.807, 2.05) is 6.92 Å². The van der Waals surface area contributed by atoms with Gasteiger partial charge in [0, 0.05) is 12.8 Å². The van der Waals surface area contributed by atoms with Crippen molar-refractivity contribution in [2.45, 2.75) is 122 Å². The lowest BCUT2D eigenvalue weighted by Crippen LogP contribution is -2.48. The van der Waals surface area contributed by atoms with Crippen LogP contribution in [0.5, 0.6) is 0 Å². The number of primary amides is 1. The van der Waals surface area contributed by atoms with E-state index in [0.717, 1.165) is 12.8 Å². The fourth-order valence-corrected chi connectivity index (χ4v) is 3.14. The molecule has 0 aliphatic rings. The Morgan fingerprint density at radius 3 is 1.69 bits per heavy atom. The first-order valence-electron chi connectivity index (χ1n) is 10.7. The highest BCUT2D eigenvalue weighted by Crippen LogP contribution is 2.18. The van der Waals surface area contributed by atoms with E-state index in [1.54, 1.807) is 0 Å². The van der Waals surface area contributed by atoms with Crippen LogP contribution >= 0.6 is 0 Å². The Morgan fingerprint density at radius 1 is 0.808 bits per heavy atom. The highest BCUT2D eigenvalue weighted by molar-refractivity contribution is 5.83. The minimum atomic E-state index is -1.16. The second kappa shape index (κ2) is 16.1. The Bertz CT molecular complexity index is 374. The maximum atomic E-state index is 11.8. The SMILES string of the molecule is CCCCCCCCCCCCCCC(O)(CC)NC(=O)CCC(N)=O. The number of amides is 2. The van der Waals surface area contributed by atoms with Crippen LogP contribution in [0.3, 0.4) is 0 Å². The van der Waals surface area contributed by atoms with Crippen molar-refractivity contribution in [2.75, 3.05) is 0 Å². The Kier molecular flexibility index (Phi) is 15.4. The molecule has 1 unspecified atom stereocenters. The number of nitrogens with two attached hydrogens (primary N) is 1. The van der Waals surface area contributed by atoms with Gasteiger partial charge in [0.1, 0.15) is 5.72 Å². The Hall–Kier alpha value is -1.10. The minimum absolute atomic E-state index is 0.0181. The molecule has 0 aliphatic carbocycles. The van der Waals surface area contributed by atoms with Gasteiger partial charge in [-0.2, -0.15) is 0 Å². The molecule has 0 rings (SSSR count). The molecule has 0 fully saturated rings. The number of hydrogen-bond acceptors (Lipinski definition) is 3. The van der Waals surface area contributed by atoms with Gasteiger partial charge in [0.2, 0.25) is 11.8 Å². The van der Waals surface area contributed by atoms with E-state index >= 15 is 0 Å². The Labute approximate surface area is 160 Å². The second-order valence-corrected chi connectivity index (χ2v) is 7.54. The number of nitrogens with one attached hydrogen (secondary N) is 1. The third-order valence-electron chi connectivity index (χ3n) is 5.00. The van der Waals surface area contributed by atoms with Crippen molar-refractivity contribution in [3.8, 4) is 0 Å². The van der Waals surface area contributed by atoms with Crippen LogP contribution < -0.4 is 11.1 Å². The molecule has 0 saturated carbocycles. The first kappa shape index (κ1) is 24.9. The van der Waals surface area contributed by atoms with Gasteiger partial charge in [-0.05, 0) is 19.3 Å². The highest BCUT2D eigenvalue weighted by atomic mass is 16.3. The number of hydrogen-bond donors (Lipinski definition) is 3. The van der Waals surface area contributed by atoms with Gasteiger partial charge in [0.25, 0.3) is 0 Å². The number of unbranched alkanes of at least 4 members (excludes halogenated alkanes) is 11. The Balaban J connectivity index is 3.63. The molecule has 0 heterocycles. The van der Waals surface area contributed by atoms with Crippen LogP contribution in [0, 0.1) is 0 Å². The van der Waals surface area contributed by atoms with Gasteiger partial charge in [-0.1, -0.05) is 84.5 Å². The van der Waals surface area contributed by atoms with Crippen LogP contribution in [-0.4, -0.2) is 22.6 Å². The molecule has 0 aliphatic heterocycles. The van der Waals surface area contributed by atoms with Gasteiger partial charge in [0.05, 0.1) is 0 Å². The molecule has 0 aromatic carbocycles. The number of carbonyl (C=O) groups excluding carboxylic acids is 2. The van der Waals surface area contributed by atoms with E-state index in [0.29, 0.717) is 12.8 Å². The lowest BCUT2D eigenvalue weighted by Gasteiger charge is -2.28. The van der Waals surface area contributed by atoms with E-state index in [1.165, 1.54) is 64.2 Å². The maximum absolute atomic E-state index is 11.8. The van der Waals surface area contributed by atoms with E-state index in [9.17, 15) is 14.7 Å². The summed E-state index contributed by atoms with van der Waals surface area (Å²) in [6, 6.07) is 0. The summed E-state index contributed by atoms with van der Waals surface area (Å²) in [6.45, 7) is 4.11. The lowest BCUT2D eigenvalue weighted by molar-refractivity contribution is -0.131. The quantitative estimate of drug-likeness (QED) is 0.244. The van der Waals surface area contributed by atoms with Crippen molar-refractivity contribution in [1.82, 2.24) is 5.32 Å². The summed E-state index contributed by atoms with van der Waals surface area (Å²) < 4.78 is 0. The zero-order chi connectivity index (χ0) is 19.7. The molecule has 0 bridgehead atoms. The van der Waals surface area contributed by atoms with E-state index in [-0.39, 0.29) is 18.7 Å². The molecule has 0 spiro atoms. The summed E-state index contributed by atoms with van der Waals surface area (Å²) in [6.07, 6.45) is 16.3. The van der Waals surface area contributed by atoms with E-state index < -0.39 is 11.6 Å². The first-order chi connectivity index (χ1) is 12.4. The molecule has 4 N–H and O–H groups in total. The zero-order valence-electron chi connectivity index (χ0n) is 17.2. The molecule has 1 atom stereocenters. The first-order valence-corrected chi connectivity index (χ1v) is 10.7. The highest BCUT2D eigenvalue weighted by Gasteiger charge is 2.25. The van der Waals surface area contributed by atoms with Crippen LogP contribution in [0.4, 0.5) is 0 Å². The van der Waals surface area contributed by atoms with Crippen molar-refractivity contribution in [3.05, 3.63) is 0 Å².